The highest BCUT2D eigenvalue weighted by molar-refractivity contribution is 6.13. The summed E-state index contributed by atoms with van der Waals surface area (Å²) in [5, 5.41) is 2.56. The average Bonchev–Trinajstić information content (AvgIpc) is 4.00. The zero-order valence-corrected chi connectivity index (χ0v) is 40.1. The molecule has 2 aliphatic carbocycles. The molecule has 2 heteroatoms. The van der Waals surface area contributed by atoms with Crippen LogP contribution in [0.25, 0.3) is 72.0 Å². The van der Waals surface area contributed by atoms with E-state index in [4.69, 9.17) is 0 Å². The predicted molar refractivity (Wildman–Crippen MR) is 294 cm³/mol. The van der Waals surface area contributed by atoms with Crippen LogP contribution >= 0.6 is 0 Å². The second-order valence-corrected chi connectivity index (χ2v) is 20.0. The van der Waals surface area contributed by atoms with E-state index in [0.717, 1.165) is 24.2 Å². The Bertz CT molecular complexity index is 3930. The Morgan fingerprint density at radius 1 is 0.400 bits per heavy atom. The zero-order valence-electron chi connectivity index (χ0n) is 40.1. The van der Waals surface area contributed by atoms with Gasteiger partial charge in [-0.25, -0.2) is 0 Å². The Morgan fingerprint density at radius 2 is 0.943 bits per heavy atom. The maximum Gasteiger partial charge on any atom is 0.0760 e. The maximum absolute atomic E-state index is 2.60. The van der Waals surface area contributed by atoms with Crippen LogP contribution < -0.4 is 4.90 Å². The number of anilines is 3. The Kier molecular flexibility index (Phi) is 8.84. The van der Waals surface area contributed by atoms with Gasteiger partial charge in [-0.1, -0.05) is 210 Å². The van der Waals surface area contributed by atoms with Crippen molar-refractivity contribution in [2.45, 2.75) is 51.4 Å². The van der Waals surface area contributed by atoms with E-state index in [0.29, 0.717) is 0 Å². The topological polar surface area (TPSA) is 8.17 Å². The summed E-state index contributed by atoms with van der Waals surface area (Å²) in [6, 6.07) is 83.2. The summed E-state index contributed by atoms with van der Waals surface area (Å²) >= 11 is 0. The molecule has 11 aromatic rings. The second-order valence-electron chi connectivity index (χ2n) is 20.0. The lowest BCUT2D eigenvalue weighted by Gasteiger charge is -2.41. The van der Waals surface area contributed by atoms with E-state index in [1.807, 2.05) is 0 Å². The van der Waals surface area contributed by atoms with Crippen molar-refractivity contribution in [2.24, 2.45) is 0 Å². The van der Waals surface area contributed by atoms with Gasteiger partial charge in [-0.05, 0) is 122 Å². The van der Waals surface area contributed by atoms with Gasteiger partial charge in [0.05, 0.1) is 33.5 Å². The molecule has 0 radical (unpaired) electrons. The summed E-state index contributed by atoms with van der Waals surface area (Å²) in [4.78, 5) is 2.60. The maximum atomic E-state index is 2.60. The van der Waals surface area contributed by atoms with Crippen LogP contribution in [0.5, 0.6) is 0 Å². The highest BCUT2D eigenvalue weighted by Gasteiger charge is 2.52. The fourth-order valence-electron chi connectivity index (χ4n) is 13.4. The van der Waals surface area contributed by atoms with Crippen molar-refractivity contribution in [1.82, 2.24) is 4.57 Å². The van der Waals surface area contributed by atoms with Gasteiger partial charge in [-0.3, -0.25) is 0 Å². The minimum atomic E-state index is -0.613. The summed E-state index contributed by atoms with van der Waals surface area (Å²) in [7, 11) is 0. The SMILES string of the molecule is CCc1ccccc1-c1cc(N(c2ccccc2-c2cccc3c2C2(c4ccccc4-c4ccccc42)c2cccc4c5ccccc5n-3c24)c2cccc3c2-c2ccccc2C3(C)C)ccc1CC. The summed E-state index contributed by atoms with van der Waals surface area (Å²) in [5.74, 6) is 0. The van der Waals surface area contributed by atoms with Gasteiger partial charge < -0.3 is 9.47 Å². The van der Waals surface area contributed by atoms with Crippen LogP contribution in [0.2, 0.25) is 0 Å². The van der Waals surface area contributed by atoms with E-state index in [9.17, 15) is 0 Å². The molecule has 334 valence electrons. The van der Waals surface area contributed by atoms with Gasteiger partial charge >= 0.3 is 0 Å². The highest BCUT2D eigenvalue weighted by Crippen LogP contribution is 2.64. The molecule has 10 aromatic carbocycles. The van der Waals surface area contributed by atoms with E-state index >= 15 is 0 Å². The Balaban J connectivity index is 1.12. The number of rotatable bonds is 7. The fourth-order valence-corrected chi connectivity index (χ4v) is 13.4. The van der Waals surface area contributed by atoms with Crippen LogP contribution in [0, 0.1) is 0 Å². The van der Waals surface area contributed by atoms with Crippen LogP contribution in [0.3, 0.4) is 0 Å². The molecule has 0 saturated heterocycles. The van der Waals surface area contributed by atoms with Crippen LogP contribution in [0.15, 0.2) is 218 Å². The number of aromatic nitrogens is 1. The minimum absolute atomic E-state index is 0.170. The summed E-state index contributed by atoms with van der Waals surface area (Å²) in [6.45, 7) is 9.35. The monoisotopic (exact) mass is 896 g/mol. The van der Waals surface area contributed by atoms with Crippen LogP contribution in [-0.2, 0) is 23.7 Å². The first-order valence-electron chi connectivity index (χ1n) is 25.1. The minimum Gasteiger partial charge on any atom is -0.309 e. The van der Waals surface area contributed by atoms with Gasteiger partial charge in [0.25, 0.3) is 0 Å². The van der Waals surface area contributed by atoms with Gasteiger partial charge in [0, 0.05) is 38.6 Å². The van der Waals surface area contributed by atoms with Crippen LogP contribution in [-0.4, -0.2) is 4.57 Å². The molecule has 0 saturated carbocycles. The molecule has 2 heterocycles. The zero-order chi connectivity index (χ0) is 46.9. The fraction of sp³-hybridized carbons (Fsp3) is 0.118. The van der Waals surface area contributed by atoms with Crippen molar-refractivity contribution >= 4 is 38.9 Å². The first kappa shape index (κ1) is 40.8. The van der Waals surface area contributed by atoms with Gasteiger partial charge in [0.1, 0.15) is 0 Å². The molecule has 3 aliphatic rings. The van der Waals surface area contributed by atoms with Crippen molar-refractivity contribution < 1.29 is 0 Å². The molecule has 70 heavy (non-hydrogen) atoms. The van der Waals surface area contributed by atoms with Crippen molar-refractivity contribution in [1.29, 1.82) is 0 Å². The van der Waals surface area contributed by atoms with E-state index in [2.05, 4.69) is 256 Å². The molecule has 0 bridgehead atoms. The summed E-state index contributed by atoms with van der Waals surface area (Å²) < 4.78 is 2.58. The van der Waals surface area contributed by atoms with Crippen LogP contribution in [0.1, 0.15) is 72.2 Å². The van der Waals surface area contributed by atoms with E-state index in [-0.39, 0.29) is 5.41 Å². The van der Waals surface area contributed by atoms with Crippen molar-refractivity contribution in [2.75, 3.05) is 4.90 Å². The molecule has 0 N–H and O–H groups in total. The molecular weight excluding hydrogens is 845 g/mol. The largest absolute Gasteiger partial charge is 0.309 e. The summed E-state index contributed by atoms with van der Waals surface area (Å²) in [6.07, 6.45) is 1.91. The number of hydrogen-bond acceptors (Lipinski definition) is 1. The molecule has 0 atom stereocenters. The molecular formula is C68H52N2. The number of benzene rings is 10. The Morgan fingerprint density at radius 3 is 1.71 bits per heavy atom. The molecule has 0 fully saturated rings. The lowest BCUT2D eigenvalue weighted by atomic mass is 9.63. The third-order valence-corrected chi connectivity index (χ3v) is 16.4. The van der Waals surface area contributed by atoms with Crippen molar-refractivity contribution in [3.05, 3.63) is 263 Å². The van der Waals surface area contributed by atoms with E-state index in [1.54, 1.807) is 0 Å². The second kappa shape index (κ2) is 15.1. The molecule has 1 aromatic heterocycles. The molecule has 14 rings (SSSR count). The molecule has 0 amide bonds. The first-order chi connectivity index (χ1) is 34.4. The molecule has 1 aliphatic heterocycles. The third-order valence-electron chi connectivity index (χ3n) is 16.4. The van der Waals surface area contributed by atoms with Crippen LogP contribution in [0.4, 0.5) is 17.1 Å². The molecule has 2 nitrogen and oxygen atoms in total. The number of hydrogen-bond donors (Lipinski definition) is 0. The smallest absolute Gasteiger partial charge is 0.0760 e. The summed E-state index contributed by atoms with van der Waals surface area (Å²) in [5.41, 5.74) is 27.3. The van der Waals surface area contributed by atoms with Gasteiger partial charge in [-0.2, -0.15) is 0 Å². The molecule has 0 unspecified atom stereocenters. The third kappa shape index (κ3) is 5.34. The average molecular weight is 897 g/mol. The number of nitrogens with zero attached hydrogens (tertiary/aromatic N) is 2. The number of aryl methyl sites for hydroxylation is 2. The normalized spacial score (nSPS) is 14.1. The van der Waals surface area contributed by atoms with Gasteiger partial charge in [0.2, 0.25) is 0 Å². The van der Waals surface area contributed by atoms with E-state index in [1.165, 1.54) is 122 Å². The first-order valence-corrected chi connectivity index (χ1v) is 25.1. The highest BCUT2D eigenvalue weighted by atomic mass is 15.1. The quantitative estimate of drug-likeness (QED) is 0.155. The van der Waals surface area contributed by atoms with Gasteiger partial charge in [-0.15, -0.1) is 0 Å². The lowest BCUT2D eigenvalue weighted by Crippen LogP contribution is -2.34. The Hall–Kier alpha value is -8.20. The predicted octanol–water partition coefficient (Wildman–Crippen LogP) is 17.7. The van der Waals surface area contributed by atoms with Crippen molar-refractivity contribution in [3.8, 4) is 50.2 Å². The molecule has 1 spiro atoms. The van der Waals surface area contributed by atoms with E-state index < -0.39 is 5.41 Å². The standard InChI is InChI=1S/C68H52N2/c1-5-43-22-7-8-23-46(43)54-42-45(41-40-44(54)6-2)69(62-38-21-34-58-64(62)53-28-11-14-31-55(53)67(58,3)4)60-36-17-12-26-49(60)51-29-20-39-63-65(51)68(56-32-15-9-24-47(56)48-25-10-16-33-57(48)68)59-35-19-30-52-50-27-13-18-37-61(50)70(63)66(52)59/h7-42H,5-6H2,1-4H3. The Labute approximate surface area is 410 Å². The number of fused-ring (bicyclic) bond motifs is 15. The lowest BCUT2D eigenvalue weighted by molar-refractivity contribution is 0.660. The van der Waals surface area contributed by atoms with Crippen molar-refractivity contribution in [3.63, 3.8) is 0 Å². The van der Waals surface area contributed by atoms with Gasteiger partial charge in [0.15, 0.2) is 0 Å². The number of para-hydroxylation sites is 3.